The molecule has 0 saturated heterocycles. The largest absolute Gasteiger partial charge is 0.352 e. The van der Waals surface area contributed by atoms with Crippen LogP contribution < -0.4 is 16.6 Å². The lowest BCUT2D eigenvalue weighted by Gasteiger charge is -2.04. The molecule has 1 aromatic rings. The van der Waals surface area contributed by atoms with Crippen molar-refractivity contribution < 1.29 is 4.79 Å². The van der Waals surface area contributed by atoms with Gasteiger partial charge in [-0.05, 0) is 24.6 Å². The molecule has 76 valence electrons. The van der Waals surface area contributed by atoms with E-state index in [1.165, 1.54) is 0 Å². The van der Waals surface area contributed by atoms with Crippen LogP contribution in [0.15, 0.2) is 24.3 Å². The number of hydrogen-bond donors (Lipinski definition) is 3. The lowest BCUT2D eigenvalue weighted by atomic mass is 10.1. The summed E-state index contributed by atoms with van der Waals surface area (Å²) in [5.74, 6) is 5.15. The Hall–Kier alpha value is -1.39. The Labute approximate surface area is 83.5 Å². The highest BCUT2D eigenvalue weighted by Gasteiger charge is 2.03. The van der Waals surface area contributed by atoms with E-state index >= 15 is 0 Å². The van der Waals surface area contributed by atoms with Gasteiger partial charge in [-0.3, -0.25) is 16.1 Å². The maximum atomic E-state index is 11.4. The minimum absolute atomic E-state index is 0.0497. The molecule has 0 saturated carbocycles. The maximum absolute atomic E-state index is 11.4. The molecule has 4 N–H and O–H groups in total. The molecule has 0 unspecified atom stereocenters. The molecule has 1 rings (SSSR count). The third-order valence-corrected chi connectivity index (χ3v) is 1.83. The fraction of sp³-hybridized carbons (Fsp3) is 0.300. The van der Waals surface area contributed by atoms with E-state index in [2.05, 4.69) is 10.7 Å². The minimum atomic E-state index is -0.0497. The van der Waals surface area contributed by atoms with Gasteiger partial charge in [0.2, 0.25) is 0 Å². The smallest absolute Gasteiger partial charge is 0.251 e. The highest BCUT2D eigenvalue weighted by molar-refractivity contribution is 5.94. The molecule has 0 aromatic heterocycles. The number of carbonyl (C=O) groups is 1. The van der Waals surface area contributed by atoms with Crippen molar-refractivity contribution in [2.45, 2.75) is 13.5 Å². The first-order valence-corrected chi connectivity index (χ1v) is 4.58. The monoisotopic (exact) mass is 193 g/mol. The Balaban J connectivity index is 2.77. The van der Waals surface area contributed by atoms with Gasteiger partial charge in [0.15, 0.2) is 0 Å². The molecule has 14 heavy (non-hydrogen) atoms. The van der Waals surface area contributed by atoms with E-state index in [4.69, 9.17) is 5.84 Å². The van der Waals surface area contributed by atoms with Crippen molar-refractivity contribution >= 4 is 5.91 Å². The second kappa shape index (κ2) is 5.36. The van der Waals surface area contributed by atoms with Crippen LogP contribution in [-0.4, -0.2) is 12.5 Å². The van der Waals surface area contributed by atoms with E-state index in [0.29, 0.717) is 18.7 Å². The van der Waals surface area contributed by atoms with Gasteiger partial charge in [0.1, 0.15) is 0 Å². The van der Waals surface area contributed by atoms with Crippen molar-refractivity contribution in [2.75, 3.05) is 6.54 Å². The van der Waals surface area contributed by atoms with E-state index in [1.54, 1.807) is 6.07 Å². The van der Waals surface area contributed by atoms with E-state index in [1.807, 2.05) is 25.1 Å². The molecule has 0 bridgehead atoms. The van der Waals surface area contributed by atoms with E-state index in [0.717, 1.165) is 5.56 Å². The third kappa shape index (κ3) is 2.83. The van der Waals surface area contributed by atoms with Gasteiger partial charge in [-0.25, -0.2) is 0 Å². The summed E-state index contributed by atoms with van der Waals surface area (Å²) in [5.41, 5.74) is 4.21. The van der Waals surface area contributed by atoms with Gasteiger partial charge >= 0.3 is 0 Å². The van der Waals surface area contributed by atoms with Gasteiger partial charge in [0.05, 0.1) is 0 Å². The lowest BCUT2D eigenvalue weighted by molar-refractivity contribution is 0.0955. The SMILES string of the molecule is CCNC(=O)c1cccc(CNN)c1. The zero-order valence-corrected chi connectivity index (χ0v) is 8.21. The molecule has 0 spiro atoms. The quantitative estimate of drug-likeness (QED) is 0.479. The Morgan fingerprint density at radius 3 is 2.93 bits per heavy atom. The zero-order chi connectivity index (χ0) is 10.4. The van der Waals surface area contributed by atoms with Crippen LogP contribution in [0.5, 0.6) is 0 Å². The van der Waals surface area contributed by atoms with Gasteiger partial charge in [0, 0.05) is 18.7 Å². The van der Waals surface area contributed by atoms with Crippen LogP contribution in [0.25, 0.3) is 0 Å². The van der Waals surface area contributed by atoms with E-state index in [-0.39, 0.29) is 5.91 Å². The van der Waals surface area contributed by atoms with Crippen molar-refractivity contribution in [1.29, 1.82) is 0 Å². The Morgan fingerprint density at radius 2 is 2.29 bits per heavy atom. The Morgan fingerprint density at radius 1 is 1.50 bits per heavy atom. The molecular formula is C10H15N3O. The number of nitrogens with two attached hydrogens (primary N) is 1. The highest BCUT2D eigenvalue weighted by atomic mass is 16.1. The van der Waals surface area contributed by atoms with Gasteiger partial charge in [-0.2, -0.15) is 0 Å². The normalized spacial score (nSPS) is 9.86. The van der Waals surface area contributed by atoms with E-state index in [9.17, 15) is 4.79 Å². The summed E-state index contributed by atoms with van der Waals surface area (Å²) in [4.78, 5) is 11.4. The van der Waals surface area contributed by atoms with Gasteiger partial charge in [-0.1, -0.05) is 12.1 Å². The van der Waals surface area contributed by atoms with Crippen molar-refractivity contribution in [3.05, 3.63) is 35.4 Å². The minimum Gasteiger partial charge on any atom is -0.352 e. The van der Waals surface area contributed by atoms with Crippen LogP contribution in [0, 0.1) is 0 Å². The predicted octanol–water partition coefficient (Wildman–Crippen LogP) is 0.400. The molecule has 0 atom stereocenters. The van der Waals surface area contributed by atoms with Crippen molar-refractivity contribution in [3.8, 4) is 0 Å². The van der Waals surface area contributed by atoms with Crippen molar-refractivity contribution in [2.24, 2.45) is 5.84 Å². The average Bonchev–Trinajstić information content (AvgIpc) is 2.19. The Bertz CT molecular complexity index is 312. The summed E-state index contributed by atoms with van der Waals surface area (Å²) < 4.78 is 0. The third-order valence-electron chi connectivity index (χ3n) is 1.83. The van der Waals surface area contributed by atoms with Gasteiger partial charge in [-0.15, -0.1) is 0 Å². The summed E-state index contributed by atoms with van der Waals surface area (Å²) in [5, 5.41) is 2.74. The number of amides is 1. The fourth-order valence-corrected chi connectivity index (χ4v) is 1.20. The molecule has 0 heterocycles. The van der Waals surface area contributed by atoms with Gasteiger partial charge in [0.25, 0.3) is 5.91 Å². The first kappa shape index (κ1) is 10.7. The van der Waals surface area contributed by atoms with Crippen LogP contribution in [-0.2, 0) is 6.54 Å². The molecule has 0 radical (unpaired) electrons. The molecule has 0 aliphatic heterocycles. The summed E-state index contributed by atoms with van der Waals surface area (Å²) in [6.45, 7) is 3.09. The van der Waals surface area contributed by atoms with Crippen LogP contribution in [0.4, 0.5) is 0 Å². The summed E-state index contributed by atoms with van der Waals surface area (Å²) in [6, 6.07) is 7.37. The zero-order valence-electron chi connectivity index (χ0n) is 8.21. The first-order valence-electron chi connectivity index (χ1n) is 4.58. The standard InChI is InChI=1S/C10H15N3O/c1-2-12-10(14)9-5-3-4-8(6-9)7-13-11/h3-6,13H,2,7,11H2,1H3,(H,12,14). The second-order valence-electron chi connectivity index (χ2n) is 2.94. The number of rotatable bonds is 4. The molecule has 4 heteroatoms. The molecule has 1 amide bonds. The van der Waals surface area contributed by atoms with Crippen molar-refractivity contribution in [1.82, 2.24) is 10.7 Å². The van der Waals surface area contributed by atoms with Crippen molar-refractivity contribution in [3.63, 3.8) is 0 Å². The molecule has 0 aliphatic rings. The summed E-state index contributed by atoms with van der Waals surface area (Å²) >= 11 is 0. The molecule has 0 aliphatic carbocycles. The van der Waals surface area contributed by atoms with Crippen LogP contribution in [0.2, 0.25) is 0 Å². The number of hydrogen-bond acceptors (Lipinski definition) is 3. The topological polar surface area (TPSA) is 67.2 Å². The molecule has 1 aromatic carbocycles. The lowest BCUT2D eigenvalue weighted by Crippen LogP contribution is -2.24. The number of nitrogens with one attached hydrogen (secondary N) is 2. The average molecular weight is 193 g/mol. The van der Waals surface area contributed by atoms with E-state index < -0.39 is 0 Å². The van der Waals surface area contributed by atoms with Gasteiger partial charge < -0.3 is 5.32 Å². The number of carbonyl (C=O) groups excluding carboxylic acids is 1. The molecule has 4 nitrogen and oxygen atoms in total. The Kier molecular flexibility index (Phi) is 4.10. The summed E-state index contributed by atoms with van der Waals surface area (Å²) in [6.07, 6.45) is 0. The highest BCUT2D eigenvalue weighted by Crippen LogP contribution is 2.04. The van der Waals surface area contributed by atoms with Crippen LogP contribution >= 0.6 is 0 Å². The molecular weight excluding hydrogens is 178 g/mol. The van der Waals surface area contributed by atoms with Crippen LogP contribution in [0.1, 0.15) is 22.8 Å². The molecule has 0 fully saturated rings. The summed E-state index contributed by atoms with van der Waals surface area (Å²) in [7, 11) is 0. The first-order chi connectivity index (χ1) is 6.77. The van der Waals surface area contributed by atoms with Crippen LogP contribution in [0.3, 0.4) is 0 Å². The maximum Gasteiger partial charge on any atom is 0.251 e. The fourth-order valence-electron chi connectivity index (χ4n) is 1.20. The predicted molar refractivity (Wildman–Crippen MR) is 55.5 cm³/mol. The number of benzene rings is 1. The second-order valence-corrected chi connectivity index (χ2v) is 2.94. The number of hydrazine groups is 1.